The molecule has 8 rings (SSSR count). The lowest BCUT2D eigenvalue weighted by Gasteiger charge is -2.36. The van der Waals surface area contributed by atoms with Crippen LogP contribution in [-0.4, -0.2) is 47.7 Å². The Hall–Kier alpha value is -6.58. The molecule has 1 saturated heterocycles. The van der Waals surface area contributed by atoms with Crippen LogP contribution in [0.4, 0.5) is 5.82 Å². The van der Waals surface area contributed by atoms with Crippen molar-refractivity contribution in [3.63, 3.8) is 0 Å². The molecule has 350 valence electrons. The zero-order valence-corrected chi connectivity index (χ0v) is 40.7. The van der Waals surface area contributed by atoms with Crippen molar-refractivity contribution in [2.75, 3.05) is 19.1 Å². The Kier molecular flexibility index (Phi) is 14.9. The highest BCUT2D eigenvalue weighted by molar-refractivity contribution is 5.72. The van der Waals surface area contributed by atoms with E-state index in [-0.39, 0.29) is 37.2 Å². The summed E-state index contributed by atoms with van der Waals surface area (Å²) < 4.78 is 26.8. The van der Waals surface area contributed by atoms with E-state index in [1.165, 1.54) is 5.56 Å². The Morgan fingerprint density at radius 3 is 1.81 bits per heavy atom. The van der Waals surface area contributed by atoms with E-state index in [0.717, 1.165) is 50.5 Å². The smallest absolute Gasteiger partial charge is 0.307 e. The Balaban J connectivity index is 1.33. The molecule has 68 heavy (non-hydrogen) atoms. The van der Waals surface area contributed by atoms with Crippen molar-refractivity contribution in [1.29, 1.82) is 0 Å². The topological polar surface area (TPSA) is 73.4 Å². The van der Waals surface area contributed by atoms with Gasteiger partial charge in [0.05, 0.1) is 25.8 Å². The average Bonchev–Trinajstić information content (AvgIpc) is 3.65. The number of nitrogens with zero attached hydrogens (tertiary/aromatic N) is 3. The van der Waals surface area contributed by atoms with Crippen LogP contribution >= 0.6 is 0 Å². The normalized spacial score (nSPS) is 16.9. The van der Waals surface area contributed by atoms with Crippen molar-refractivity contribution in [3.8, 4) is 5.75 Å². The fourth-order valence-electron chi connectivity index (χ4n) is 9.53. The van der Waals surface area contributed by atoms with Crippen LogP contribution in [0.2, 0.25) is 0 Å². The summed E-state index contributed by atoms with van der Waals surface area (Å²) in [7, 11) is 3.78. The van der Waals surface area contributed by atoms with E-state index in [2.05, 4.69) is 177 Å². The molecule has 1 aromatic heterocycles. The number of ether oxygens (including phenoxy) is 4. The lowest BCUT2D eigenvalue weighted by molar-refractivity contribution is -0.155. The van der Waals surface area contributed by atoms with Crippen molar-refractivity contribution in [2.45, 2.75) is 103 Å². The second-order valence-corrected chi connectivity index (χ2v) is 19.1. The zero-order valence-electron chi connectivity index (χ0n) is 40.7. The van der Waals surface area contributed by atoms with Gasteiger partial charge in [0.15, 0.2) is 0 Å². The van der Waals surface area contributed by atoms with Gasteiger partial charge >= 0.3 is 5.97 Å². The summed E-state index contributed by atoms with van der Waals surface area (Å²) in [6.07, 6.45) is -0.662. The molecular formula is C60H65N3O5. The molecule has 1 unspecified atom stereocenters. The first-order valence-corrected chi connectivity index (χ1v) is 23.8. The van der Waals surface area contributed by atoms with E-state index in [9.17, 15) is 4.79 Å². The molecule has 7 aromatic rings. The Labute approximate surface area is 403 Å². The van der Waals surface area contributed by atoms with Crippen LogP contribution in [0.25, 0.3) is 0 Å². The minimum atomic E-state index is -1.01. The molecule has 1 aliphatic rings. The van der Waals surface area contributed by atoms with E-state index in [1.807, 2.05) is 63.2 Å². The second kappa shape index (κ2) is 21.2. The minimum Gasteiger partial charge on any atom is -0.497 e. The molecule has 0 spiro atoms. The largest absolute Gasteiger partial charge is 0.497 e. The van der Waals surface area contributed by atoms with E-state index in [4.69, 9.17) is 23.9 Å². The summed E-state index contributed by atoms with van der Waals surface area (Å²) >= 11 is 0. The molecule has 0 bridgehead atoms. The fraction of sp³-hybridized carbons (Fsp3) is 0.300. The van der Waals surface area contributed by atoms with Crippen LogP contribution in [-0.2, 0) is 37.8 Å². The van der Waals surface area contributed by atoms with Gasteiger partial charge < -0.3 is 23.8 Å². The Morgan fingerprint density at radius 2 is 1.28 bits per heavy atom. The molecule has 1 fully saturated rings. The van der Waals surface area contributed by atoms with Crippen molar-refractivity contribution < 1.29 is 23.7 Å². The maximum Gasteiger partial charge on any atom is 0.307 e. The molecule has 8 nitrogen and oxygen atoms in total. The molecule has 1 aliphatic heterocycles. The average molecular weight is 908 g/mol. The van der Waals surface area contributed by atoms with Crippen molar-refractivity contribution >= 4 is 11.8 Å². The molecule has 8 heteroatoms. The first kappa shape index (κ1) is 47.9. The molecule has 2 heterocycles. The number of anilines is 1. The monoisotopic (exact) mass is 907 g/mol. The predicted octanol–water partition coefficient (Wildman–Crippen LogP) is 13.0. The highest BCUT2D eigenvalue weighted by Gasteiger charge is 2.42. The summed E-state index contributed by atoms with van der Waals surface area (Å²) in [4.78, 5) is 24.8. The van der Waals surface area contributed by atoms with E-state index < -0.39 is 23.3 Å². The first-order valence-electron chi connectivity index (χ1n) is 23.8. The van der Waals surface area contributed by atoms with Crippen LogP contribution in [0.15, 0.2) is 182 Å². The van der Waals surface area contributed by atoms with Gasteiger partial charge in [0.2, 0.25) is 0 Å². The number of likely N-dealkylation sites (N-methyl/N-ethyl adjacent to an activating group) is 1. The third-order valence-electron chi connectivity index (χ3n) is 13.0. The maximum absolute atomic E-state index is 14.5. The lowest BCUT2D eigenvalue weighted by Crippen LogP contribution is -2.33. The van der Waals surface area contributed by atoms with E-state index in [0.29, 0.717) is 12.3 Å². The van der Waals surface area contributed by atoms with Crippen molar-refractivity contribution in [3.05, 3.63) is 232 Å². The number of pyridine rings is 1. The van der Waals surface area contributed by atoms with Gasteiger partial charge in [0.25, 0.3) is 0 Å². The fourth-order valence-corrected chi connectivity index (χ4v) is 9.53. The third-order valence-corrected chi connectivity index (χ3v) is 13.0. The molecule has 4 atom stereocenters. The highest BCUT2D eigenvalue weighted by Crippen LogP contribution is 2.47. The lowest BCUT2D eigenvalue weighted by atomic mass is 9.80. The van der Waals surface area contributed by atoms with Gasteiger partial charge in [-0.1, -0.05) is 158 Å². The number of benzene rings is 6. The van der Waals surface area contributed by atoms with Crippen LogP contribution in [0.3, 0.4) is 0 Å². The van der Waals surface area contributed by atoms with Crippen LogP contribution in [0, 0.1) is 0 Å². The van der Waals surface area contributed by atoms with Gasteiger partial charge in [0.1, 0.15) is 35.1 Å². The van der Waals surface area contributed by atoms with Crippen molar-refractivity contribution in [2.24, 2.45) is 0 Å². The molecule has 0 N–H and O–H groups in total. The van der Waals surface area contributed by atoms with Gasteiger partial charge in [-0.2, -0.15) is 0 Å². The number of aromatic nitrogens is 1. The molecular weight excluding hydrogens is 843 g/mol. The maximum atomic E-state index is 14.5. The van der Waals surface area contributed by atoms with Gasteiger partial charge in [0, 0.05) is 30.1 Å². The van der Waals surface area contributed by atoms with Gasteiger partial charge in [-0.15, -0.1) is 0 Å². The standard InChI is InChI=1S/C60H65N3O5/c1-42(2)63(40-44-24-14-9-15-25-44)54-37-36-52(58-62(7)43(3)57(67-58)45-26-16-10-17-27-45)56(61-54)53(39-55(64)68-59(4,5)6)51-35-34-50(65-8)38-46(51)41-66-60(47-28-18-11-19-29-47,48-30-20-12-21-31-48)49-32-22-13-23-33-49/h9-38,42-43,53,57-58H,39-41H2,1-8H3/t43-,53+,57+,58?/m0/s1. The molecule has 0 saturated carbocycles. The number of esters is 1. The van der Waals surface area contributed by atoms with Crippen molar-refractivity contribution in [1.82, 2.24) is 9.88 Å². The summed E-state index contributed by atoms with van der Waals surface area (Å²) in [6, 6.07) is 62.5. The SMILES string of the molecule is COc1ccc([C@@H](CC(=O)OC(C)(C)C)c2nc(N(Cc3ccccc3)C(C)C)ccc2C2O[C@@H](c3ccccc3)[C@H](C)N2C)c(COC(c2ccccc2)(c2ccccc2)c2ccccc2)c1. The molecule has 0 aliphatic carbocycles. The quantitative estimate of drug-likeness (QED) is 0.0661. The Morgan fingerprint density at radius 1 is 0.735 bits per heavy atom. The summed E-state index contributed by atoms with van der Waals surface area (Å²) in [6.45, 7) is 13.1. The minimum absolute atomic E-state index is 0.00964. The van der Waals surface area contributed by atoms with E-state index in [1.54, 1.807) is 7.11 Å². The van der Waals surface area contributed by atoms with Crippen LogP contribution in [0.1, 0.15) is 116 Å². The van der Waals surface area contributed by atoms with Crippen LogP contribution < -0.4 is 9.64 Å². The number of rotatable bonds is 17. The number of hydrogen-bond donors (Lipinski definition) is 0. The highest BCUT2D eigenvalue weighted by atomic mass is 16.6. The summed E-state index contributed by atoms with van der Waals surface area (Å²) in [5, 5.41) is 0. The molecule has 0 amide bonds. The first-order chi connectivity index (χ1) is 32.9. The number of hydrogen-bond acceptors (Lipinski definition) is 8. The van der Waals surface area contributed by atoms with Gasteiger partial charge in [-0.3, -0.25) is 9.69 Å². The van der Waals surface area contributed by atoms with Gasteiger partial charge in [-0.05, 0) is 112 Å². The molecule has 6 aromatic carbocycles. The molecule has 0 radical (unpaired) electrons. The number of carbonyl (C=O) groups is 1. The van der Waals surface area contributed by atoms with Gasteiger partial charge in [-0.25, -0.2) is 4.98 Å². The zero-order chi connectivity index (χ0) is 47.8. The summed E-state index contributed by atoms with van der Waals surface area (Å²) in [5.74, 6) is 0.532. The van der Waals surface area contributed by atoms with Crippen LogP contribution in [0.5, 0.6) is 5.75 Å². The number of carbonyl (C=O) groups excluding carboxylic acids is 1. The Bertz CT molecular complexity index is 2610. The predicted molar refractivity (Wildman–Crippen MR) is 272 cm³/mol. The third kappa shape index (κ3) is 10.6. The summed E-state index contributed by atoms with van der Waals surface area (Å²) in [5.41, 5.74) is 6.85. The van der Waals surface area contributed by atoms with E-state index >= 15 is 0 Å². The second-order valence-electron chi connectivity index (χ2n) is 19.1. The number of methoxy groups -OCH3 is 1.